The van der Waals surface area contributed by atoms with Gasteiger partial charge in [0, 0.05) is 44.1 Å². The topological polar surface area (TPSA) is 40.2 Å². The quantitative estimate of drug-likeness (QED) is 0.838. The van der Waals surface area contributed by atoms with Crippen molar-refractivity contribution in [3.63, 3.8) is 0 Å². The Kier molecular flexibility index (Phi) is 4.42. The number of rotatable bonds is 5. The third kappa shape index (κ3) is 3.35. The number of nitrogens with one attached hydrogen (secondary N) is 2. The Morgan fingerprint density at radius 3 is 3.00 bits per heavy atom. The number of likely N-dealkylation sites (tertiary alicyclic amines) is 1. The second-order valence-electron chi connectivity index (χ2n) is 5.30. The van der Waals surface area contributed by atoms with Gasteiger partial charge in [-0.2, -0.15) is 0 Å². The fourth-order valence-corrected chi connectivity index (χ4v) is 2.44. The summed E-state index contributed by atoms with van der Waals surface area (Å²) >= 11 is 0. The highest BCUT2D eigenvalue weighted by Crippen LogP contribution is 2.19. The lowest BCUT2D eigenvalue weighted by molar-refractivity contribution is 0.266. The van der Waals surface area contributed by atoms with Gasteiger partial charge in [-0.1, -0.05) is 0 Å². The third-order valence-electron chi connectivity index (χ3n) is 3.66. The minimum Gasteiger partial charge on any atom is -0.385 e. The van der Waals surface area contributed by atoms with Crippen molar-refractivity contribution in [3.05, 3.63) is 18.3 Å². The molecule has 2 N–H and O–H groups in total. The summed E-state index contributed by atoms with van der Waals surface area (Å²) in [5.74, 6) is 1.67. The van der Waals surface area contributed by atoms with Gasteiger partial charge in [0.2, 0.25) is 0 Å². The van der Waals surface area contributed by atoms with Gasteiger partial charge in [0.15, 0.2) is 0 Å². The second-order valence-corrected chi connectivity index (χ2v) is 5.30. The Bertz CT molecular complexity index is 378. The molecule has 100 valence electrons. The van der Waals surface area contributed by atoms with Crippen LogP contribution in [-0.4, -0.2) is 42.6 Å². The van der Waals surface area contributed by atoms with E-state index >= 15 is 0 Å². The van der Waals surface area contributed by atoms with Gasteiger partial charge in [-0.3, -0.25) is 0 Å². The van der Waals surface area contributed by atoms with Crippen LogP contribution in [0.1, 0.15) is 20.3 Å². The molecule has 4 heteroatoms. The van der Waals surface area contributed by atoms with Gasteiger partial charge >= 0.3 is 0 Å². The molecule has 0 spiro atoms. The predicted molar refractivity (Wildman–Crippen MR) is 77.1 cm³/mol. The van der Waals surface area contributed by atoms with E-state index in [2.05, 4.69) is 40.4 Å². The monoisotopic (exact) mass is 248 g/mol. The molecule has 0 aromatic carbocycles. The lowest BCUT2D eigenvalue weighted by Crippen LogP contribution is -2.29. The molecule has 1 aromatic heterocycles. The predicted octanol–water partition coefficient (Wildman–Crippen LogP) is 2.27. The van der Waals surface area contributed by atoms with Gasteiger partial charge in [0.05, 0.1) is 0 Å². The van der Waals surface area contributed by atoms with E-state index in [4.69, 9.17) is 0 Å². The first-order valence-electron chi connectivity index (χ1n) is 6.80. The molecular weight excluding hydrogens is 224 g/mol. The summed E-state index contributed by atoms with van der Waals surface area (Å²) in [7, 11) is 1.89. The minimum atomic E-state index is 0.673. The molecule has 1 unspecified atom stereocenters. The number of pyridine rings is 1. The standard InChI is InChI=1S/C14H24N4/c1-11(2)18-7-5-12(10-18)9-17-13-4-6-16-14(8-13)15-3/h4,6,8,11-12H,5,7,9-10H2,1-3H3,(H2,15,16,17). The maximum absolute atomic E-state index is 4.21. The van der Waals surface area contributed by atoms with Crippen LogP contribution in [0.2, 0.25) is 0 Å². The van der Waals surface area contributed by atoms with Crippen molar-refractivity contribution in [2.24, 2.45) is 5.92 Å². The number of aromatic nitrogens is 1. The van der Waals surface area contributed by atoms with Crippen LogP contribution < -0.4 is 10.6 Å². The SMILES string of the molecule is CNc1cc(NCC2CCN(C(C)C)C2)ccn1. The van der Waals surface area contributed by atoms with Gasteiger partial charge in [-0.15, -0.1) is 0 Å². The molecule has 2 rings (SSSR count). The molecule has 0 bridgehead atoms. The lowest BCUT2D eigenvalue weighted by Gasteiger charge is -2.20. The van der Waals surface area contributed by atoms with Gasteiger partial charge < -0.3 is 15.5 Å². The molecular formula is C14H24N4. The van der Waals surface area contributed by atoms with Crippen molar-refractivity contribution < 1.29 is 0 Å². The van der Waals surface area contributed by atoms with Gasteiger partial charge in [0.25, 0.3) is 0 Å². The largest absolute Gasteiger partial charge is 0.385 e. The van der Waals surface area contributed by atoms with E-state index in [1.54, 1.807) is 0 Å². The average Bonchev–Trinajstić information content (AvgIpc) is 2.85. The van der Waals surface area contributed by atoms with Crippen molar-refractivity contribution >= 4 is 11.5 Å². The van der Waals surface area contributed by atoms with E-state index in [1.807, 2.05) is 19.3 Å². The van der Waals surface area contributed by atoms with Crippen molar-refractivity contribution in [1.82, 2.24) is 9.88 Å². The second kappa shape index (κ2) is 6.05. The Balaban J connectivity index is 1.81. The van der Waals surface area contributed by atoms with Crippen molar-refractivity contribution in [2.45, 2.75) is 26.3 Å². The fourth-order valence-electron chi connectivity index (χ4n) is 2.44. The van der Waals surface area contributed by atoms with Gasteiger partial charge in [-0.05, 0) is 38.8 Å². The molecule has 0 amide bonds. The number of hydrogen-bond donors (Lipinski definition) is 2. The Morgan fingerprint density at radius 2 is 2.33 bits per heavy atom. The zero-order chi connectivity index (χ0) is 13.0. The van der Waals surface area contributed by atoms with E-state index in [1.165, 1.54) is 19.5 Å². The molecule has 4 nitrogen and oxygen atoms in total. The summed E-state index contributed by atoms with van der Waals surface area (Å²) in [6.07, 6.45) is 3.14. The summed E-state index contributed by atoms with van der Waals surface area (Å²) in [5, 5.41) is 6.57. The number of hydrogen-bond acceptors (Lipinski definition) is 4. The zero-order valence-corrected chi connectivity index (χ0v) is 11.6. The maximum Gasteiger partial charge on any atom is 0.127 e. The molecule has 2 heterocycles. The normalized spacial score (nSPS) is 20.3. The van der Waals surface area contributed by atoms with Gasteiger partial charge in [-0.25, -0.2) is 4.98 Å². The molecule has 0 aliphatic carbocycles. The molecule has 1 atom stereocenters. The molecule has 1 aliphatic heterocycles. The minimum absolute atomic E-state index is 0.673. The highest BCUT2D eigenvalue weighted by atomic mass is 15.2. The van der Waals surface area contributed by atoms with Crippen LogP contribution in [0.15, 0.2) is 18.3 Å². The van der Waals surface area contributed by atoms with Crippen LogP contribution >= 0.6 is 0 Å². The molecule has 18 heavy (non-hydrogen) atoms. The lowest BCUT2D eigenvalue weighted by atomic mass is 10.1. The van der Waals surface area contributed by atoms with Crippen LogP contribution in [0.5, 0.6) is 0 Å². The summed E-state index contributed by atoms with van der Waals surface area (Å²) in [6, 6.07) is 4.75. The van der Waals surface area contributed by atoms with Crippen molar-refractivity contribution in [3.8, 4) is 0 Å². The van der Waals surface area contributed by atoms with Gasteiger partial charge in [0.1, 0.15) is 5.82 Å². The molecule has 1 aromatic rings. The Labute approximate surface area is 110 Å². The Morgan fingerprint density at radius 1 is 1.50 bits per heavy atom. The van der Waals surface area contributed by atoms with Crippen LogP contribution in [0, 0.1) is 5.92 Å². The first kappa shape index (κ1) is 13.1. The summed E-state index contributed by atoms with van der Waals surface area (Å²) < 4.78 is 0. The van der Waals surface area contributed by atoms with Crippen molar-refractivity contribution in [2.75, 3.05) is 37.3 Å². The van der Waals surface area contributed by atoms with E-state index in [0.29, 0.717) is 6.04 Å². The molecule has 1 aliphatic rings. The summed E-state index contributed by atoms with van der Waals surface area (Å²) in [6.45, 7) is 8.06. The van der Waals surface area contributed by atoms with E-state index in [0.717, 1.165) is 24.0 Å². The Hall–Kier alpha value is -1.29. The van der Waals surface area contributed by atoms with Crippen LogP contribution in [0.25, 0.3) is 0 Å². The molecule has 0 radical (unpaired) electrons. The van der Waals surface area contributed by atoms with Crippen LogP contribution in [-0.2, 0) is 0 Å². The smallest absolute Gasteiger partial charge is 0.127 e. The maximum atomic E-state index is 4.21. The molecule has 1 fully saturated rings. The number of anilines is 2. The average molecular weight is 248 g/mol. The van der Waals surface area contributed by atoms with E-state index in [9.17, 15) is 0 Å². The first-order chi connectivity index (χ1) is 8.69. The summed E-state index contributed by atoms with van der Waals surface area (Å²) in [4.78, 5) is 6.77. The van der Waals surface area contributed by atoms with Crippen LogP contribution in [0.4, 0.5) is 11.5 Å². The van der Waals surface area contributed by atoms with Crippen molar-refractivity contribution in [1.29, 1.82) is 0 Å². The molecule has 1 saturated heterocycles. The van der Waals surface area contributed by atoms with E-state index in [-0.39, 0.29) is 0 Å². The first-order valence-corrected chi connectivity index (χ1v) is 6.80. The number of nitrogens with zero attached hydrogens (tertiary/aromatic N) is 2. The highest BCUT2D eigenvalue weighted by molar-refractivity contribution is 5.51. The third-order valence-corrected chi connectivity index (χ3v) is 3.66. The summed E-state index contributed by atoms with van der Waals surface area (Å²) in [5.41, 5.74) is 1.15. The highest BCUT2D eigenvalue weighted by Gasteiger charge is 2.23. The fraction of sp³-hybridized carbons (Fsp3) is 0.643. The van der Waals surface area contributed by atoms with E-state index < -0.39 is 0 Å². The van der Waals surface area contributed by atoms with Crippen LogP contribution in [0.3, 0.4) is 0 Å². The molecule has 0 saturated carbocycles. The zero-order valence-electron chi connectivity index (χ0n) is 11.6.